The van der Waals surface area contributed by atoms with E-state index in [0.717, 1.165) is 0 Å². The van der Waals surface area contributed by atoms with E-state index >= 15 is 0 Å². The van der Waals surface area contributed by atoms with Crippen LogP contribution in [0.15, 0.2) is 42.5 Å². The van der Waals surface area contributed by atoms with Gasteiger partial charge in [0.25, 0.3) is 0 Å². The Hall–Kier alpha value is -0.870. The second kappa shape index (κ2) is 4.91. The molecule has 0 amide bonds. The highest BCUT2D eigenvalue weighted by Crippen LogP contribution is 2.58. The first-order chi connectivity index (χ1) is 8.69. The Morgan fingerprint density at radius 3 is 1.74 bits per heavy atom. The molecule has 0 bridgehead atoms. The smallest absolute Gasteiger partial charge is 0.0134 e. The minimum Gasteiger partial charge on any atom is -0.0643 e. The maximum atomic E-state index is 2.40. The number of benzene rings is 2. The molecule has 0 fully saturated rings. The minimum absolute atomic E-state index is 0.211. The van der Waals surface area contributed by atoms with Gasteiger partial charge in [0.2, 0.25) is 0 Å². The van der Waals surface area contributed by atoms with Crippen LogP contribution < -0.4 is 5.30 Å². The normalized spacial score (nSPS) is 13.2. The van der Waals surface area contributed by atoms with Crippen LogP contribution in [-0.2, 0) is 0 Å². The van der Waals surface area contributed by atoms with Gasteiger partial charge in [0, 0.05) is 0 Å². The van der Waals surface area contributed by atoms with Gasteiger partial charge in [0.15, 0.2) is 0 Å². The third-order valence-electron chi connectivity index (χ3n) is 3.33. The van der Waals surface area contributed by atoms with E-state index in [1.165, 1.54) is 16.1 Å². The van der Waals surface area contributed by atoms with Gasteiger partial charge in [0.05, 0.1) is 0 Å². The van der Waals surface area contributed by atoms with Crippen molar-refractivity contribution in [3.8, 4) is 0 Å². The second-order valence-corrected chi connectivity index (χ2v) is 11.1. The molecule has 0 aliphatic heterocycles. The summed E-state index contributed by atoms with van der Waals surface area (Å²) < 4.78 is 0. The van der Waals surface area contributed by atoms with Gasteiger partial charge in [-0.25, -0.2) is 0 Å². The quantitative estimate of drug-likeness (QED) is 0.597. The van der Waals surface area contributed by atoms with Gasteiger partial charge in [-0.05, 0) is 32.5 Å². The largest absolute Gasteiger partial charge is 0.0643 e. The molecule has 1 heteroatoms. The van der Waals surface area contributed by atoms with Crippen molar-refractivity contribution in [2.45, 2.75) is 51.9 Å². The molecule has 0 radical (unpaired) electrons. The summed E-state index contributed by atoms with van der Waals surface area (Å²) >= 11 is 0. The zero-order valence-electron chi connectivity index (χ0n) is 13.0. The molecule has 0 N–H and O–H groups in total. The third-order valence-corrected chi connectivity index (χ3v) is 6.81. The molecule has 2 aromatic rings. The fourth-order valence-electron chi connectivity index (χ4n) is 3.10. The van der Waals surface area contributed by atoms with Crippen LogP contribution in [0.1, 0.15) is 41.5 Å². The maximum absolute atomic E-state index is 2.40. The lowest BCUT2D eigenvalue weighted by atomic mass is 10.1. The first-order valence-corrected chi connectivity index (χ1v) is 8.33. The Kier molecular flexibility index (Phi) is 3.76. The first-order valence-electron chi connectivity index (χ1n) is 6.99. The molecule has 0 saturated heterocycles. The Bertz CT molecular complexity index is 556. The molecule has 2 aromatic carbocycles. The van der Waals surface area contributed by atoms with Gasteiger partial charge in [-0.15, -0.1) is 0 Å². The summed E-state index contributed by atoms with van der Waals surface area (Å²) in [4.78, 5) is 0. The molecule has 0 spiro atoms. The van der Waals surface area contributed by atoms with Crippen molar-refractivity contribution < 1.29 is 0 Å². The molecule has 0 heterocycles. The summed E-state index contributed by atoms with van der Waals surface area (Å²) in [5, 5.41) is 4.88. The van der Waals surface area contributed by atoms with Crippen LogP contribution in [0, 0.1) is 0 Å². The lowest BCUT2D eigenvalue weighted by Crippen LogP contribution is -2.31. The van der Waals surface area contributed by atoms with Gasteiger partial charge in [-0.2, -0.15) is 0 Å². The van der Waals surface area contributed by atoms with Crippen LogP contribution in [0.3, 0.4) is 0 Å². The van der Waals surface area contributed by atoms with Gasteiger partial charge < -0.3 is 0 Å². The molecular weight excluding hydrogens is 247 g/mol. The van der Waals surface area contributed by atoms with E-state index in [2.05, 4.69) is 84.0 Å². The summed E-state index contributed by atoms with van der Waals surface area (Å²) in [6.07, 6.45) is 0. The van der Waals surface area contributed by atoms with Gasteiger partial charge in [0.1, 0.15) is 0 Å². The monoisotopic (exact) mass is 272 g/mol. The van der Waals surface area contributed by atoms with Crippen molar-refractivity contribution in [1.29, 1.82) is 0 Å². The van der Waals surface area contributed by atoms with E-state index < -0.39 is 0 Å². The number of fused-ring (bicyclic) bond motifs is 1. The molecule has 102 valence electrons. The Morgan fingerprint density at radius 2 is 1.21 bits per heavy atom. The van der Waals surface area contributed by atoms with Gasteiger partial charge in [-0.1, -0.05) is 85.9 Å². The molecule has 0 atom stereocenters. The van der Waals surface area contributed by atoms with E-state index in [0.29, 0.717) is 10.3 Å². The zero-order valence-corrected chi connectivity index (χ0v) is 13.9. The summed E-state index contributed by atoms with van der Waals surface area (Å²) in [7, 11) is -0.211. The summed E-state index contributed by atoms with van der Waals surface area (Å²) in [6.45, 7) is 14.2. The minimum atomic E-state index is -0.211. The van der Waals surface area contributed by atoms with E-state index in [9.17, 15) is 0 Å². The fourth-order valence-corrected chi connectivity index (χ4v) is 7.15. The molecular formula is C18H25P. The molecule has 0 aromatic heterocycles. The van der Waals surface area contributed by atoms with Crippen molar-refractivity contribution in [2.75, 3.05) is 0 Å². The summed E-state index contributed by atoms with van der Waals surface area (Å²) in [6, 6.07) is 15.7. The zero-order chi connectivity index (χ0) is 14.3. The van der Waals surface area contributed by atoms with Gasteiger partial charge >= 0.3 is 0 Å². The average molecular weight is 272 g/mol. The van der Waals surface area contributed by atoms with Crippen LogP contribution >= 0.6 is 7.92 Å². The van der Waals surface area contributed by atoms with Crippen LogP contribution in [0.4, 0.5) is 0 Å². The van der Waals surface area contributed by atoms with Crippen molar-refractivity contribution in [2.24, 2.45) is 0 Å². The highest BCUT2D eigenvalue weighted by atomic mass is 31.1. The predicted molar refractivity (Wildman–Crippen MR) is 90.0 cm³/mol. The van der Waals surface area contributed by atoms with Crippen molar-refractivity contribution in [3.05, 3.63) is 42.5 Å². The van der Waals surface area contributed by atoms with Crippen LogP contribution in [0.5, 0.6) is 0 Å². The van der Waals surface area contributed by atoms with Crippen molar-refractivity contribution in [1.82, 2.24) is 0 Å². The molecule has 19 heavy (non-hydrogen) atoms. The molecule has 2 rings (SSSR count). The fraction of sp³-hybridized carbons (Fsp3) is 0.444. The van der Waals surface area contributed by atoms with E-state index in [4.69, 9.17) is 0 Å². The van der Waals surface area contributed by atoms with Crippen LogP contribution in [0.25, 0.3) is 10.8 Å². The maximum Gasteiger partial charge on any atom is -0.0134 e. The molecule has 0 unspecified atom stereocenters. The van der Waals surface area contributed by atoms with Crippen molar-refractivity contribution >= 4 is 24.0 Å². The van der Waals surface area contributed by atoms with Crippen LogP contribution in [-0.4, -0.2) is 10.3 Å². The Morgan fingerprint density at radius 1 is 0.684 bits per heavy atom. The third kappa shape index (κ3) is 3.18. The van der Waals surface area contributed by atoms with Crippen LogP contribution in [0.2, 0.25) is 0 Å². The highest BCUT2D eigenvalue weighted by molar-refractivity contribution is 7.68. The Labute approximate surface area is 119 Å². The standard InChI is InChI=1S/C18H25P/c1-17(2,3)19(18(4,5)6)16-12-11-14-9-7-8-10-15(14)13-16/h7-13H,1-6H3. The lowest BCUT2D eigenvalue weighted by molar-refractivity contribution is 0.715. The molecule has 0 aliphatic carbocycles. The van der Waals surface area contributed by atoms with E-state index in [1.807, 2.05) is 0 Å². The topological polar surface area (TPSA) is 0 Å². The van der Waals surface area contributed by atoms with Gasteiger partial charge in [-0.3, -0.25) is 0 Å². The SMILES string of the molecule is CC(C)(C)P(c1ccc2ccccc2c1)C(C)(C)C. The molecule has 0 nitrogen and oxygen atoms in total. The average Bonchev–Trinajstić information content (AvgIpc) is 2.25. The second-order valence-electron chi connectivity index (χ2n) is 7.21. The van der Waals surface area contributed by atoms with E-state index in [1.54, 1.807) is 0 Å². The highest BCUT2D eigenvalue weighted by Gasteiger charge is 2.35. The lowest BCUT2D eigenvalue weighted by Gasteiger charge is -2.41. The predicted octanol–water partition coefficient (Wildman–Crippen LogP) is 5.54. The molecule has 0 aliphatic rings. The summed E-state index contributed by atoms with van der Waals surface area (Å²) in [5.74, 6) is 0. The number of hydrogen-bond donors (Lipinski definition) is 0. The summed E-state index contributed by atoms with van der Waals surface area (Å²) in [5.41, 5.74) is 0. The molecule has 0 saturated carbocycles. The van der Waals surface area contributed by atoms with Crippen molar-refractivity contribution in [3.63, 3.8) is 0 Å². The van der Waals surface area contributed by atoms with E-state index in [-0.39, 0.29) is 7.92 Å². The number of rotatable bonds is 1. The number of hydrogen-bond acceptors (Lipinski definition) is 0. The first kappa shape index (κ1) is 14.5. The Balaban J connectivity index is 2.57.